The molecule has 2 aromatic rings. The Morgan fingerprint density at radius 3 is 2.59 bits per heavy atom. The van der Waals surface area contributed by atoms with Crippen molar-refractivity contribution in [3.63, 3.8) is 0 Å². The summed E-state index contributed by atoms with van der Waals surface area (Å²) in [4.78, 5) is 15.5. The van der Waals surface area contributed by atoms with E-state index < -0.39 is 0 Å². The van der Waals surface area contributed by atoms with Gasteiger partial charge in [-0.1, -0.05) is 44.0 Å². The van der Waals surface area contributed by atoms with Gasteiger partial charge in [-0.25, -0.2) is 0 Å². The first-order valence-corrected chi connectivity index (χ1v) is 16.2. The molecule has 1 aromatic carbocycles. The molecule has 4 saturated carbocycles. The van der Waals surface area contributed by atoms with E-state index in [0.29, 0.717) is 62.9 Å². The van der Waals surface area contributed by atoms with Crippen LogP contribution in [-0.2, 0) is 4.79 Å². The highest BCUT2D eigenvalue weighted by molar-refractivity contribution is 6.38. The number of benzene rings is 1. The zero-order chi connectivity index (χ0) is 29.3. The first-order valence-electron chi connectivity index (χ1n) is 15.4. The molecule has 41 heavy (non-hydrogen) atoms. The van der Waals surface area contributed by atoms with E-state index in [1.165, 1.54) is 6.42 Å². The average molecular weight is 605 g/mol. The van der Waals surface area contributed by atoms with Gasteiger partial charge in [0.15, 0.2) is 5.69 Å². The number of nitrogens with zero attached hydrogens (tertiary/aromatic N) is 2. The van der Waals surface area contributed by atoms with Crippen LogP contribution in [0.1, 0.15) is 85.0 Å². The number of H-pyrrole nitrogens is 1. The maximum atomic E-state index is 12.8. The minimum absolute atomic E-state index is 0.156. The zero-order valence-corrected chi connectivity index (χ0v) is 25.8. The van der Waals surface area contributed by atoms with E-state index in [0.717, 1.165) is 51.4 Å². The van der Waals surface area contributed by atoms with Crippen LogP contribution in [0, 0.1) is 46.3 Å². The third-order valence-electron chi connectivity index (χ3n) is 12.3. The van der Waals surface area contributed by atoms with Crippen molar-refractivity contribution in [2.75, 3.05) is 0 Å². The minimum atomic E-state index is -0.316. The van der Waals surface area contributed by atoms with E-state index in [1.54, 1.807) is 12.1 Å². The number of aliphatic hydroxyl groups is 2. The Morgan fingerprint density at radius 1 is 1.07 bits per heavy atom. The second-order valence-electron chi connectivity index (χ2n) is 14.2. The number of fused-ring (bicyclic) bond motifs is 6. The summed E-state index contributed by atoms with van der Waals surface area (Å²) in [5.74, 6) is 2.13. The molecule has 4 fully saturated rings. The van der Waals surface area contributed by atoms with E-state index in [2.05, 4.69) is 36.0 Å². The van der Waals surface area contributed by atoms with Crippen LogP contribution in [0.4, 0.5) is 5.69 Å². The molecule has 0 saturated heterocycles. The summed E-state index contributed by atoms with van der Waals surface area (Å²) in [5, 5.41) is 41.4. The molecule has 1 heterocycles. The number of carbonyl (C=O) groups is 1. The number of hydrogen-bond acceptors (Lipinski definition) is 5. The number of aromatic nitrogens is 1. The molecule has 6 rings (SSSR count). The second kappa shape index (κ2) is 10.8. The molecule has 0 aliphatic heterocycles. The molecule has 4 aliphatic rings. The Labute approximate surface area is 252 Å². The summed E-state index contributed by atoms with van der Waals surface area (Å²) < 4.78 is 0. The van der Waals surface area contributed by atoms with Gasteiger partial charge in [0.2, 0.25) is 5.88 Å². The summed E-state index contributed by atoms with van der Waals surface area (Å²) >= 11 is 12.3. The second-order valence-corrected chi connectivity index (χ2v) is 15.0. The fraction of sp³-hybridized carbons (Fsp3) is 0.719. The van der Waals surface area contributed by atoms with Gasteiger partial charge in [0.05, 0.1) is 22.7 Å². The lowest BCUT2D eigenvalue weighted by Gasteiger charge is -2.62. The highest BCUT2D eigenvalue weighted by Gasteiger charge is 2.62. The molecular weight excluding hydrogens is 561 g/mol. The first-order chi connectivity index (χ1) is 19.4. The maximum Gasteiger partial charge on any atom is 0.264 e. The molecular formula is C32H43Cl2N3O4. The van der Waals surface area contributed by atoms with Gasteiger partial charge < -0.3 is 20.3 Å². The molecule has 9 heteroatoms. The summed E-state index contributed by atoms with van der Waals surface area (Å²) in [6.45, 7) is 7.16. The van der Waals surface area contributed by atoms with Gasteiger partial charge in [0.1, 0.15) is 0 Å². The van der Waals surface area contributed by atoms with Crippen molar-refractivity contribution in [2.45, 2.75) is 97.2 Å². The van der Waals surface area contributed by atoms with Gasteiger partial charge in [-0.2, -0.15) is 0 Å². The standard InChI is InChI=1S/C32H43Cl2N3O4/c1-16(4-7-26(40)36-37-29-20-14-18(33)15-24(34)28(20)35-30(29)41)21-5-6-22-27-23(9-11-32(21,22)3)31(2)10-8-19(38)12-17(31)13-25(27)39/h14-17,19,21-23,25,27,35,38-39,41H,4-13H2,1-3H3/t16-,17+,19-,21+,22-,23-,25-,27-,31-,32+/m0/s1. The highest BCUT2D eigenvalue weighted by atomic mass is 35.5. The summed E-state index contributed by atoms with van der Waals surface area (Å²) in [5.41, 5.74) is 1.04. The largest absolute Gasteiger partial charge is 0.493 e. The Kier molecular flexibility index (Phi) is 7.74. The van der Waals surface area contributed by atoms with E-state index >= 15 is 0 Å². The van der Waals surface area contributed by atoms with Gasteiger partial charge in [0.25, 0.3) is 5.91 Å². The van der Waals surface area contributed by atoms with Crippen molar-refractivity contribution in [1.29, 1.82) is 0 Å². The predicted octanol–water partition coefficient (Wildman–Crippen LogP) is 8.20. The van der Waals surface area contributed by atoms with Crippen LogP contribution < -0.4 is 0 Å². The Balaban J connectivity index is 1.11. The van der Waals surface area contributed by atoms with Gasteiger partial charge >= 0.3 is 0 Å². The highest BCUT2D eigenvalue weighted by Crippen LogP contribution is 2.68. The van der Waals surface area contributed by atoms with Gasteiger partial charge in [-0.3, -0.25) is 4.79 Å². The smallest absolute Gasteiger partial charge is 0.264 e. The summed E-state index contributed by atoms with van der Waals surface area (Å²) in [7, 11) is 0. The van der Waals surface area contributed by atoms with E-state index in [1.807, 2.05) is 0 Å². The van der Waals surface area contributed by atoms with Crippen molar-refractivity contribution >= 4 is 45.7 Å². The summed E-state index contributed by atoms with van der Waals surface area (Å²) in [6.07, 6.45) is 8.76. The van der Waals surface area contributed by atoms with Gasteiger partial charge in [0, 0.05) is 16.8 Å². The molecule has 0 bridgehead atoms. The van der Waals surface area contributed by atoms with Crippen LogP contribution in [0.15, 0.2) is 22.4 Å². The lowest BCUT2D eigenvalue weighted by molar-refractivity contribution is -0.174. The lowest BCUT2D eigenvalue weighted by Crippen LogP contribution is -2.58. The zero-order valence-electron chi connectivity index (χ0n) is 24.2. The number of carbonyl (C=O) groups excluding carboxylic acids is 1. The minimum Gasteiger partial charge on any atom is -0.493 e. The number of hydrogen-bond donors (Lipinski definition) is 4. The summed E-state index contributed by atoms with van der Waals surface area (Å²) in [6, 6.07) is 3.20. The molecule has 4 aliphatic carbocycles. The van der Waals surface area contributed by atoms with Crippen LogP contribution in [-0.4, -0.2) is 38.4 Å². The topological polar surface area (TPSA) is 118 Å². The normalized spacial score (nSPS) is 39.4. The number of aromatic hydroxyl groups is 1. The number of halogens is 2. The Morgan fingerprint density at radius 2 is 1.80 bits per heavy atom. The molecule has 1 aromatic heterocycles. The monoisotopic (exact) mass is 603 g/mol. The van der Waals surface area contributed by atoms with Gasteiger partial charge in [-0.05, 0) is 116 Å². The predicted molar refractivity (Wildman–Crippen MR) is 161 cm³/mol. The fourth-order valence-corrected chi connectivity index (χ4v) is 10.7. The number of azo groups is 1. The van der Waals surface area contributed by atoms with E-state index in [-0.39, 0.29) is 40.5 Å². The number of nitrogens with one attached hydrogen (secondary N) is 1. The molecule has 7 nitrogen and oxygen atoms in total. The third kappa shape index (κ3) is 4.93. The van der Waals surface area contributed by atoms with Crippen molar-refractivity contribution in [1.82, 2.24) is 4.98 Å². The maximum absolute atomic E-state index is 12.8. The van der Waals surface area contributed by atoms with Crippen LogP contribution in [0.25, 0.3) is 10.9 Å². The third-order valence-corrected chi connectivity index (χ3v) is 12.8. The fourth-order valence-electron chi connectivity index (χ4n) is 10.2. The van der Waals surface area contributed by atoms with Crippen molar-refractivity contribution in [3.05, 3.63) is 22.2 Å². The molecule has 1 amide bonds. The quantitative estimate of drug-likeness (QED) is 0.257. The van der Waals surface area contributed by atoms with Crippen LogP contribution in [0.5, 0.6) is 5.88 Å². The van der Waals surface area contributed by atoms with Crippen molar-refractivity contribution < 1.29 is 20.1 Å². The number of aromatic amines is 1. The molecule has 224 valence electrons. The molecule has 4 N–H and O–H groups in total. The average Bonchev–Trinajstić information content (AvgIpc) is 3.43. The van der Waals surface area contributed by atoms with Crippen LogP contribution in [0.2, 0.25) is 10.0 Å². The molecule has 0 radical (unpaired) electrons. The van der Waals surface area contributed by atoms with Crippen LogP contribution >= 0.6 is 23.2 Å². The lowest BCUT2D eigenvalue weighted by atomic mass is 9.43. The Bertz CT molecular complexity index is 1360. The number of amides is 1. The molecule has 0 unspecified atom stereocenters. The van der Waals surface area contributed by atoms with Crippen molar-refractivity contribution in [3.8, 4) is 5.88 Å². The molecule has 0 spiro atoms. The van der Waals surface area contributed by atoms with E-state index in [4.69, 9.17) is 23.2 Å². The van der Waals surface area contributed by atoms with E-state index in [9.17, 15) is 20.1 Å². The first kappa shape index (κ1) is 29.4. The number of aliphatic hydroxyl groups excluding tert-OH is 2. The SMILES string of the molecule is C[C@@H](CCC(=O)N=Nc1c(O)[nH]c2c(Cl)cc(Cl)cc12)[C@H]1CC[C@H]2[C@@H]3[C@@H](O)C[C@H]4C[C@@H](O)CC[C@]4(C)[C@H]3CC[C@]12C. The van der Waals surface area contributed by atoms with Crippen molar-refractivity contribution in [2.24, 2.45) is 56.6 Å². The van der Waals surface area contributed by atoms with Crippen LogP contribution in [0.3, 0.4) is 0 Å². The molecule has 10 atom stereocenters. The Hall–Kier alpha value is -1.67. The van der Waals surface area contributed by atoms with Gasteiger partial charge in [-0.15, -0.1) is 10.2 Å². The number of rotatable bonds is 5.